The van der Waals surface area contributed by atoms with Gasteiger partial charge in [0.2, 0.25) is 0 Å². The maximum Gasteiger partial charge on any atom is 0.410 e. The van der Waals surface area contributed by atoms with E-state index in [1.54, 1.807) is 7.11 Å². The Hall–Kier alpha value is -1.92. The van der Waals surface area contributed by atoms with Crippen LogP contribution in [0.5, 0.6) is 0 Å². The lowest BCUT2D eigenvalue weighted by atomic mass is 9.44. The Balaban J connectivity index is 1.17. The van der Waals surface area contributed by atoms with Crippen LogP contribution in [0.25, 0.3) is 0 Å². The minimum Gasteiger partial charge on any atom is -0.445 e. The van der Waals surface area contributed by atoms with Crippen LogP contribution in [0.4, 0.5) is 4.79 Å². The van der Waals surface area contributed by atoms with E-state index in [-0.39, 0.29) is 42.1 Å². The number of rotatable bonds is 3. The molecule has 1 amide bonds. The average Bonchev–Trinajstić information content (AvgIpc) is 3.28. The Labute approximate surface area is 252 Å². The molecule has 6 nitrogen and oxygen atoms in total. The van der Waals surface area contributed by atoms with Crippen LogP contribution in [0, 0.1) is 52.3 Å². The van der Waals surface area contributed by atoms with Gasteiger partial charge < -0.3 is 14.2 Å². The summed E-state index contributed by atoms with van der Waals surface area (Å²) in [5.74, 6) is 3.15. The van der Waals surface area contributed by atoms with Crippen LogP contribution < -0.4 is 0 Å². The zero-order chi connectivity index (χ0) is 29.4. The molecule has 6 heteroatoms. The Kier molecular flexibility index (Phi) is 7.09. The van der Waals surface area contributed by atoms with E-state index in [2.05, 4.69) is 27.7 Å². The summed E-state index contributed by atoms with van der Waals surface area (Å²) in [5, 5.41) is 0. The first-order valence-electron chi connectivity index (χ1n) is 16.8. The van der Waals surface area contributed by atoms with Gasteiger partial charge in [-0.2, -0.15) is 0 Å². The summed E-state index contributed by atoms with van der Waals surface area (Å²) in [5.41, 5.74) is 1.48. The van der Waals surface area contributed by atoms with Gasteiger partial charge in [0, 0.05) is 32.9 Å². The first-order chi connectivity index (χ1) is 20.1. The molecule has 7 rings (SSSR count). The highest BCUT2D eigenvalue weighted by atomic mass is 16.7. The van der Waals surface area contributed by atoms with Gasteiger partial charge in [0.15, 0.2) is 5.79 Å². The summed E-state index contributed by atoms with van der Waals surface area (Å²) < 4.78 is 19.5. The zero-order valence-electron chi connectivity index (χ0n) is 26.3. The molecule has 4 saturated carbocycles. The molecule has 2 saturated heterocycles. The molecule has 0 aromatic heterocycles. The van der Waals surface area contributed by atoms with Gasteiger partial charge in [0.25, 0.3) is 0 Å². The number of methoxy groups -OCH3 is 1. The summed E-state index contributed by atoms with van der Waals surface area (Å²) in [7, 11) is 1.78. The number of carbonyl (C=O) groups is 2. The second-order valence-electron chi connectivity index (χ2n) is 15.7. The normalized spacial score (nSPS) is 47.9. The second-order valence-corrected chi connectivity index (χ2v) is 15.7. The number of fused-ring (bicyclic) bond motifs is 8. The first kappa shape index (κ1) is 28.8. The number of nitrogens with zero attached hydrogens (tertiary/aromatic N) is 1. The Morgan fingerprint density at radius 2 is 1.83 bits per heavy atom. The molecule has 6 fully saturated rings. The van der Waals surface area contributed by atoms with Crippen LogP contribution in [0.3, 0.4) is 0 Å². The molecule has 0 N–H and O–H groups in total. The molecule has 6 aliphatic rings. The molecular formula is C36H51NO5. The molecule has 0 radical (unpaired) electrons. The van der Waals surface area contributed by atoms with Gasteiger partial charge in [-0.1, -0.05) is 58.0 Å². The first-order valence-corrected chi connectivity index (χ1v) is 16.8. The molecule has 1 aromatic rings. The third-order valence-electron chi connectivity index (χ3n) is 13.7. The predicted octanol–water partition coefficient (Wildman–Crippen LogP) is 7.25. The summed E-state index contributed by atoms with van der Waals surface area (Å²) >= 11 is 0. The third kappa shape index (κ3) is 4.24. The van der Waals surface area contributed by atoms with Crippen molar-refractivity contribution < 1.29 is 23.8 Å². The largest absolute Gasteiger partial charge is 0.445 e. The van der Waals surface area contributed by atoms with Gasteiger partial charge in [-0.3, -0.25) is 9.69 Å². The highest BCUT2D eigenvalue weighted by molar-refractivity contribution is 5.79. The number of amides is 1. The number of hydrogen-bond donors (Lipinski definition) is 0. The van der Waals surface area contributed by atoms with Gasteiger partial charge >= 0.3 is 6.09 Å². The Morgan fingerprint density at radius 1 is 1.05 bits per heavy atom. The summed E-state index contributed by atoms with van der Waals surface area (Å²) in [4.78, 5) is 28.1. The van der Waals surface area contributed by atoms with Crippen molar-refractivity contribution in [1.29, 1.82) is 0 Å². The molecule has 42 heavy (non-hydrogen) atoms. The van der Waals surface area contributed by atoms with Gasteiger partial charge in [0.05, 0.1) is 12.1 Å². The number of ketones is 1. The van der Waals surface area contributed by atoms with Gasteiger partial charge in [0.1, 0.15) is 12.4 Å². The van der Waals surface area contributed by atoms with E-state index in [1.807, 2.05) is 35.2 Å². The monoisotopic (exact) mass is 577 g/mol. The molecule has 1 aromatic carbocycles. The Morgan fingerprint density at radius 3 is 2.60 bits per heavy atom. The van der Waals surface area contributed by atoms with Crippen LogP contribution in [0.2, 0.25) is 0 Å². The molecule has 2 heterocycles. The number of benzene rings is 1. The third-order valence-corrected chi connectivity index (χ3v) is 13.7. The maximum absolute atomic E-state index is 13.8. The topological polar surface area (TPSA) is 65.1 Å². The minimum absolute atomic E-state index is 0.149. The van der Waals surface area contributed by atoms with E-state index in [0.29, 0.717) is 47.3 Å². The smallest absolute Gasteiger partial charge is 0.410 e. The highest BCUT2D eigenvalue weighted by Crippen LogP contribution is 2.70. The standard InChI is InChI=1S/C36H51NO5/c1-22-19-36(40-5)32(37(20-22)33(39)41-21-24-9-7-6-8-10-24)23(2)31-30(42-36)18-29-27-12-11-25-17-26(38)13-15-34(25,3)28(27)14-16-35(29,31)4/h6-10,22-23,25,27-32H,11-21H2,1-5H3/t22-,23+,25+,27-,28+,29+,30+,31+,32-,34+,35+,36+/m1/s1. The Bertz CT molecular complexity index is 1200. The molecule has 0 bridgehead atoms. The fourth-order valence-electron chi connectivity index (χ4n) is 12.0. The number of carbonyl (C=O) groups excluding carboxylic acids is 2. The molecule has 12 atom stereocenters. The van der Waals surface area contributed by atoms with Crippen molar-refractivity contribution in [2.24, 2.45) is 52.3 Å². The van der Waals surface area contributed by atoms with Gasteiger partial charge in [-0.05, 0) is 96.3 Å². The molecule has 2 aliphatic heterocycles. The number of Topliss-reactive ketones (excluding diaryl/α,β-unsaturated/α-hetero) is 1. The van der Waals surface area contributed by atoms with Crippen LogP contribution in [-0.4, -0.2) is 48.4 Å². The maximum atomic E-state index is 13.8. The van der Waals surface area contributed by atoms with Crippen LogP contribution in [0.15, 0.2) is 30.3 Å². The molecule has 0 spiro atoms. The van der Waals surface area contributed by atoms with E-state index >= 15 is 0 Å². The molecular weight excluding hydrogens is 526 g/mol. The van der Waals surface area contributed by atoms with Crippen molar-refractivity contribution in [3.63, 3.8) is 0 Å². The van der Waals surface area contributed by atoms with E-state index in [9.17, 15) is 9.59 Å². The lowest BCUT2D eigenvalue weighted by molar-refractivity contribution is -0.338. The highest BCUT2D eigenvalue weighted by Gasteiger charge is 2.69. The molecule has 0 unspecified atom stereocenters. The summed E-state index contributed by atoms with van der Waals surface area (Å²) in [6.07, 6.45) is 9.36. The van der Waals surface area contributed by atoms with Crippen LogP contribution in [0.1, 0.15) is 91.0 Å². The number of likely N-dealkylation sites (tertiary alicyclic amines) is 1. The fraction of sp³-hybridized carbons (Fsp3) is 0.778. The molecule has 4 aliphatic carbocycles. The van der Waals surface area contributed by atoms with Crippen LogP contribution >= 0.6 is 0 Å². The quantitative estimate of drug-likeness (QED) is 0.379. The van der Waals surface area contributed by atoms with Crippen molar-refractivity contribution in [3.8, 4) is 0 Å². The average molecular weight is 578 g/mol. The van der Waals surface area contributed by atoms with Crippen molar-refractivity contribution in [2.45, 2.75) is 110 Å². The SMILES string of the molecule is CO[C@]12C[C@@H](C)CN(C(=O)OCc3ccccc3)[C@@H]1[C@@H](C)[C@H]1[C@H](C[C@H]3[C@@H]4CC[C@H]5CC(=O)CC[C@]5(C)[C@H]4CC[C@]13C)O2. The second kappa shape index (κ2) is 10.3. The zero-order valence-corrected chi connectivity index (χ0v) is 26.3. The van der Waals surface area contributed by atoms with E-state index in [1.165, 1.54) is 25.7 Å². The van der Waals surface area contributed by atoms with E-state index in [0.717, 1.165) is 37.7 Å². The van der Waals surface area contributed by atoms with E-state index in [4.69, 9.17) is 14.2 Å². The van der Waals surface area contributed by atoms with Crippen molar-refractivity contribution in [2.75, 3.05) is 13.7 Å². The number of ether oxygens (including phenoxy) is 3. The number of hydrogen-bond acceptors (Lipinski definition) is 5. The lowest BCUT2D eigenvalue weighted by Crippen LogP contribution is -2.70. The minimum atomic E-state index is -0.805. The summed E-state index contributed by atoms with van der Waals surface area (Å²) in [6, 6.07) is 9.76. The molecule has 230 valence electrons. The van der Waals surface area contributed by atoms with Crippen molar-refractivity contribution in [3.05, 3.63) is 35.9 Å². The van der Waals surface area contributed by atoms with Crippen LogP contribution in [-0.2, 0) is 25.6 Å². The number of piperidine rings is 1. The summed E-state index contributed by atoms with van der Waals surface area (Å²) in [6.45, 7) is 10.6. The van der Waals surface area contributed by atoms with E-state index < -0.39 is 5.79 Å². The van der Waals surface area contributed by atoms with Gasteiger partial charge in [-0.15, -0.1) is 0 Å². The van der Waals surface area contributed by atoms with Crippen molar-refractivity contribution in [1.82, 2.24) is 4.90 Å². The lowest BCUT2D eigenvalue weighted by Gasteiger charge is -2.62. The predicted molar refractivity (Wildman–Crippen MR) is 160 cm³/mol. The fourth-order valence-corrected chi connectivity index (χ4v) is 12.0. The van der Waals surface area contributed by atoms with Gasteiger partial charge in [-0.25, -0.2) is 4.79 Å². The van der Waals surface area contributed by atoms with Crippen molar-refractivity contribution >= 4 is 11.9 Å².